The van der Waals surface area contributed by atoms with Gasteiger partial charge >= 0.3 is 24.1 Å². The van der Waals surface area contributed by atoms with E-state index in [0.717, 1.165) is 91.0 Å². The quantitative estimate of drug-likeness (QED) is 0.0926. The number of benzene rings is 6. The number of carbonyl (C=O) groups excluding carboxylic acids is 4. The summed E-state index contributed by atoms with van der Waals surface area (Å²) >= 11 is 0. The van der Waals surface area contributed by atoms with Crippen LogP contribution in [0.15, 0.2) is 189 Å². The highest BCUT2D eigenvalue weighted by Gasteiger charge is 2.31. The van der Waals surface area contributed by atoms with E-state index < -0.39 is 0 Å². The van der Waals surface area contributed by atoms with E-state index in [4.69, 9.17) is 9.47 Å². The van der Waals surface area contributed by atoms with Crippen LogP contribution in [0.3, 0.4) is 0 Å². The maximum absolute atomic E-state index is 13.4. The Hall–Kier alpha value is -10.1. The molecule has 22 heteroatoms. The summed E-state index contributed by atoms with van der Waals surface area (Å²) in [7, 11) is 4.23. The summed E-state index contributed by atoms with van der Waals surface area (Å²) < 4.78 is 30.4. The maximum atomic E-state index is 13.4. The monoisotopic (exact) mass is 1280 g/mol. The second-order valence-electron chi connectivity index (χ2n) is 24.6. The van der Waals surface area contributed by atoms with Crippen molar-refractivity contribution >= 4 is 46.1 Å². The number of para-hydroxylation sites is 2. The maximum Gasteiger partial charge on any atom is 0.375 e. The Bertz CT molecular complexity index is 3940. The molecule has 0 bridgehead atoms. The average Bonchev–Trinajstić information content (AvgIpc) is 1.62. The van der Waals surface area contributed by atoms with E-state index in [1.807, 2.05) is 113 Å². The van der Waals surface area contributed by atoms with Crippen molar-refractivity contribution in [2.45, 2.75) is 98.6 Å². The van der Waals surface area contributed by atoms with Crippen molar-refractivity contribution in [2.75, 3.05) is 53.5 Å². The van der Waals surface area contributed by atoms with Crippen molar-refractivity contribution in [3.8, 4) is 11.5 Å². The lowest BCUT2D eigenvalue weighted by molar-refractivity contribution is -0.468. The van der Waals surface area contributed by atoms with Crippen molar-refractivity contribution in [1.82, 2.24) is 69.0 Å². The minimum absolute atomic E-state index is 0.0117. The number of ether oxygens (including phenoxy) is 2. The molecule has 94 heavy (non-hydrogen) atoms. The predicted molar refractivity (Wildman–Crippen MR) is 361 cm³/mol. The van der Waals surface area contributed by atoms with Crippen LogP contribution in [0.4, 0.5) is 23.6 Å². The minimum atomic E-state index is -0.279. The third-order valence-electron chi connectivity index (χ3n) is 16.1. The van der Waals surface area contributed by atoms with Gasteiger partial charge in [-0.1, -0.05) is 128 Å². The van der Waals surface area contributed by atoms with Crippen molar-refractivity contribution < 1.29 is 38.1 Å². The zero-order valence-electron chi connectivity index (χ0n) is 54.8. The zero-order valence-corrected chi connectivity index (χ0v) is 54.8. The summed E-state index contributed by atoms with van der Waals surface area (Å²) in [4.78, 5) is 66.6. The molecule has 2 aliphatic rings. The molecular formula is C72H87FN15O6+. The fourth-order valence-corrected chi connectivity index (χ4v) is 10.7. The molecule has 6 aromatic carbocycles. The third-order valence-corrected chi connectivity index (χ3v) is 16.1. The number of rotatable bonds is 16. The first-order valence-corrected chi connectivity index (χ1v) is 32.1. The summed E-state index contributed by atoms with van der Waals surface area (Å²) in [6, 6.07) is 45.3. The molecule has 0 radical (unpaired) electrons. The van der Waals surface area contributed by atoms with Gasteiger partial charge in [0.2, 0.25) is 6.20 Å². The summed E-state index contributed by atoms with van der Waals surface area (Å²) in [6.45, 7) is 17.9. The number of imidazole rings is 2. The van der Waals surface area contributed by atoms with Gasteiger partial charge in [-0.3, -0.25) is 9.13 Å². The first-order chi connectivity index (χ1) is 45.5. The summed E-state index contributed by atoms with van der Waals surface area (Å²) in [5.74, 6) is 2.42. The molecule has 21 nitrogen and oxygen atoms in total. The minimum Gasteiger partial charge on any atom is -0.493 e. The Morgan fingerprint density at radius 1 is 0.574 bits per heavy atom. The van der Waals surface area contributed by atoms with Crippen LogP contribution in [0.25, 0.3) is 21.9 Å². The number of hydrogen-bond acceptors (Lipinski definition) is 12. The van der Waals surface area contributed by atoms with Gasteiger partial charge in [0, 0.05) is 63.1 Å². The number of H-pyrrole nitrogens is 1. The highest BCUT2D eigenvalue weighted by molar-refractivity contribution is 5.89. The number of piperidine rings is 2. The summed E-state index contributed by atoms with van der Waals surface area (Å²) in [5.41, 5.74) is 7.59. The molecule has 2 aliphatic heterocycles. The number of nitrogens with one attached hydrogen (secondary N) is 3. The average molecular weight is 1280 g/mol. The molecule has 10 aromatic rings. The molecule has 4 amide bonds. The molecule has 12 rings (SSSR count). The first-order valence-electron chi connectivity index (χ1n) is 32.1. The number of aromatic nitrogens is 9. The van der Waals surface area contributed by atoms with Crippen LogP contribution in [0.1, 0.15) is 81.2 Å². The lowest BCUT2D eigenvalue weighted by atomic mass is 10.0. The highest BCUT2D eigenvalue weighted by atomic mass is 19.1. The zero-order chi connectivity index (χ0) is 66.3. The molecule has 2 fully saturated rings. The van der Waals surface area contributed by atoms with E-state index in [-0.39, 0.29) is 42.0 Å². The van der Waals surface area contributed by atoms with Gasteiger partial charge in [0.15, 0.2) is 0 Å². The Morgan fingerprint density at radius 3 is 1.56 bits per heavy atom. The fourth-order valence-electron chi connectivity index (χ4n) is 10.7. The first kappa shape index (κ1) is 68.3. The topological polar surface area (TPSA) is 209 Å². The van der Waals surface area contributed by atoms with E-state index >= 15 is 0 Å². The normalized spacial score (nSPS) is 13.6. The highest BCUT2D eigenvalue weighted by Crippen LogP contribution is 2.24. The van der Waals surface area contributed by atoms with Crippen LogP contribution in [0.2, 0.25) is 0 Å². The van der Waals surface area contributed by atoms with Crippen molar-refractivity contribution in [3.63, 3.8) is 0 Å². The van der Waals surface area contributed by atoms with E-state index in [2.05, 4.69) is 119 Å². The van der Waals surface area contributed by atoms with Crippen LogP contribution in [-0.2, 0) is 26.2 Å². The Kier molecular flexibility index (Phi) is 24.7. The lowest BCUT2D eigenvalue weighted by Crippen LogP contribution is -2.47. The van der Waals surface area contributed by atoms with Crippen LogP contribution in [0.5, 0.6) is 11.5 Å². The number of hydrogen-bond donors (Lipinski definition) is 2. The van der Waals surface area contributed by atoms with E-state index in [9.17, 15) is 23.6 Å². The van der Waals surface area contributed by atoms with Gasteiger partial charge in [0.25, 0.3) is 0 Å². The van der Waals surface area contributed by atoms with Crippen LogP contribution >= 0.6 is 0 Å². The van der Waals surface area contributed by atoms with Crippen LogP contribution in [-0.4, -0.2) is 148 Å². The number of aryl methyl sites for hydroxylation is 1. The van der Waals surface area contributed by atoms with E-state index in [0.29, 0.717) is 62.3 Å². The Balaban J connectivity index is 0.000000148. The van der Waals surface area contributed by atoms with Gasteiger partial charge in [-0.2, -0.15) is 4.68 Å². The number of nitrogens with zero attached hydrogens (tertiary/aromatic N) is 12. The molecule has 6 heterocycles. The van der Waals surface area contributed by atoms with Gasteiger partial charge < -0.3 is 39.7 Å². The summed E-state index contributed by atoms with van der Waals surface area (Å²) in [6.07, 6.45) is 15.2. The molecule has 492 valence electrons. The SMILES string of the molecule is CC(C)COc1ccc(CNC(=O)n2[nH+]cc3ccccc32)cc1.CC(C)COc1ccc(CNC(=O)n2ccnc2)cc1.CN1CCC(N(Cc2ccc(F)cc2)C(=O)n2nnc3ccccc32)CC1.Cc1ccc(CN(C(=O)n2ccnc2)C2CCN(C)CC2)cc1. The van der Waals surface area contributed by atoms with Gasteiger partial charge in [0.05, 0.1) is 24.1 Å². The second kappa shape index (κ2) is 34.0. The predicted octanol–water partition coefficient (Wildman–Crippen LogP) is 11.8. The fraction of sp³-hybridized carbons (Fsp3) is 0.347. The molecule has 4 aromatic heterocycles. The number of halogens is 1. The van der Waals surface area contributed by atoms with Gasteiger partial charge in [-0.05, 0) is 168 Å². The Morgan fingerprint density at radius 2 is 1.04 bits per heavy atom. The van der Waals surface area contributed by atoms with Crippen molar-refractivity contribution in [3.05, 3.63) is 223 Å². The van der Waals surface area contributed by atoms with Gasteiger partial charge in [-0.15, -0.1) is 10.2 Å². The van der Waals surface area contributed by atoms with Gasteiger partial charge in [0.1, 0.15) is 41.0 Å². The summed E-state index contributed by atoms with van der Waals surface area (Å²) in [5, 5.41) is 17.9. The number of aromatic amines is 1. The molecule has 0 spiro atoms. The van der Waals surface area contributed by atoms with Crippen LogP contribution < -0.4 is 25.2 Å². The molecule has 3 N–H and O–H groups in total. The molecule has 0 atom stereocenters. The van der Waals surface area contributed by atoms with Crippen molar-refractivity contribution in [2.24, 2.45) is 11.8 Å². The number of fused-ring (bicyclic) bond motifs is 2. The standard InChI is InChI=1S/C20H22FN5O.C19H21N3O2.C18H24N4O.C15H19N3O2/c1-24-12-10-17(11-13-24)25(14-15-6-8-16(21)9-7-15)20(27)26-19-5-3-2-4-18(19)22-23-26;1-14(2)13-24-17-9-7-15(8-10-17)11-20-19(23)22-18-6-4-3-5-16(18)12-21-22;1-15-3-5-16(6-4-15)13-22(17-7-10-20(2)11-8-17)18(23)21-12-9-19-14-21;1-12(2)10-20-14-5-3-13(4-6-14)9-17-15(19)18-8-7-16-11-18/h2-9,17H,10-14H2,1H3;3-10,12,14H,11,13H2,1-2H3,(H,20,23);3-6,9,12,14,17H,7-8,10-11,13H2,1-2H3;3-8,11-12H,9-10H2,1-2H3,(H,17,19)/p+1. The van der Waals surface area contributed by atoms with Crippen LogP contribution in [0, 0.1) is 24.6 Å². The Labute approximate surface area is 549 Å². The number of carbonyl (C=O) groups is 4. The molecular weight excluding hydrogens is 1190 g/mol. The molecule has 0 unspecified atom stereocenters. The van der Waals surface area contributed by atoms with E-state index in [1.54, 1.807) is 47.8 Å². The largest absolute Gasteiger partial charge is 0.493 e. The molecule has 2 saturated heterocycles. The lowest BCUT2D eigenvalue weighted by Gasteiger charge is -2.37. The molecule has 0 aliphatic carbocycles. The smallest absolute Gasteiger partial charge is 0.375 e. The number of amides is 4. The van der Waals surface area contributed by atoms with Gasteiger partial charge in [-0.25, -0.2) is 33.5 Å². The molecule has 0 saturated carbocycles. The third kappa shape index (κ3) is 20.0. The van der Waals surface area contributed by atoms with E-state index in [1.165, 1.54) is 43.5 Å². The number of likely N-dealkylation sites (tertiary alicyclic amines) is 2. The van der Waals surface area contributed by atoms with Crippen molar-refractivity contribution in [1.29, 1.82) is 0 Å². The second-order valence-corrected chi connectivity index (χ2v) is 24.6.